The molecule has 1 fully saturated rings. The Morgan fingerprint density at radius 2 is 2.00 bits per heavy atom. The molecule has 1 N–H and O–H groups in total. The fraction of sp³-hybridized carbons (Fsp3) is 1.00. The number of sulfone groups is 1. The van der Waals surface area contributed by atoms with Gasteiger partial charge in [0.05, 0.1) is 11.0 Å². The van der Waals surface area contributed by atoms with Gasteiger partial charge in [-0.3, -0.25) is 0 Å². The van der Waals surface area contributed by atoms with Crippen molar-refractivity contribution in [3.05, 3.63) is 0 Å². The van der Waals surface area contributed by atoms with E-state index in [0.29, 0.717) is 5.75 Å². The molecule has 0 amide bonds. The summed E-state index contributed by atoms with van der Waals surface area (Å²) in [6.07, 6.45) is 4.69. The van der Waals surface area contributed by atoms with Crippen LogP contribution in [0.25, 0.3) is 0 Å². The minimum Gasteiger partial charge on any atom is -0.315 e. The molecule has 1 saturated carbocycles. The van der Waals surface area contributed by atoms with Crippen molar-refractivity contribution in [3.63, 3.8) is 0 Å². The highest BCUT2D eigenvalue weighted by Gasteiger charge is 2.43. The van der Waals surface area contributed by atoms with Crippen molar-refractivity contribution in [2.75, 3.05) is 12.8 Å². The van der Waals surface area contributed by atoms with Crippen molar-refractivity contribution in [2.45, 2.75) is 64.2 Å². The second-order valence-corrected chi connectivity index (χ2v) is 8.25. The summed E-state index contributed by atoms with van der Waals surface area (Å²) in [7, 11) is -1.05. The highest BCUT2D eigenvalue weighted by molar-refractivity contribution is 7.92. The maximum Gasteiger partial charge on any atom is 0.154 e. The maximum absolute atomic E-state index is 12.4. The number of hydrogen-bond donors (Lipinski definition) is 1. The second kappa shape index (κ2) is 5.70. The van der Waals surface area contributed by atoms with Gasteiger partial charge in [-0.15, -0.1) is 0 Å². The Morgan fingerprint density at radius 1 is 1.35 bits per heavy atom. The zero-order chi connectivity index (χ0) is 13.1. The minimum absolute atomic E-state index is 0.0803. The van der Waals surface area contributed by atoms with E-state index < -0.39 is 9.84 Å². The number of hydrogen-bond acceptors (Lipinski definition) is 3. The Bertz CT molecular complexity index is 335. The largest absolute Gasteiger partial charge is 0.315 e. The molecule has 0 aromatic carbocycles. The molecule has 3 nitrogen and oxygen atoms in total. The predicted octanol–water partition coefficient (Wildman–Crippen LogP) is 2.37. The molecule has 0 bridgehead atoms. The van der Waals surface area contributed by atoms with Crippen molar-refractivity contribution in [2.24, 2.45) is 5.41 Å². The minimum atomic E-state index is -2.94. The standard InChI is InChI=1S/C13H27NO2S/c1-5-6-10-17(15,16)11-8-7-9-13(2,3)12(11)14-4/h11-12,14H,5-10H2,1-4H3. The molecule has 0 heterocycles. The van der Waals surface area contributed by atoms with Crippen molar-refractivity contribution < 1.29 is 8.42 Å². The first-order valence-electron chi connectivity index (χ1n) is 6.74. The molecule has 0 saturated heterocycles. The predicted molar refractivity (Wildman–Crippen MR) is 73.0 cm³/mol. The summed E-state index contributed by atoms with van der Waals surface area (Å²) < 4.78 is 24.7. The fourth-order valence-electron chi connectivity index (χ4n) is 3.04. The van der Waals surface area contributed by atoms with Crippen molar-refractivity contribution in [3.8, 4) is 0 Å². The van der Waals surface area contributed by atoms with Crippen LogP contribution in [0.1, 0.15) is 52.9 Å². The van der Waals surface area contributed by atoms with E-state index >= 15 is 0 Å². The van der Waals surface area contributed by atoms with Gasteiger partial charge in [0.2, 0.25) is 0 Å². The average molecular weight is 261 g/mol. The summed E-state index contributed by atoms with van der Waals surface area (Å²) in [6.45, 7) is 6.39. The van der Waals surface area contributed by atoms with Gasteiger partial charge < -0.3 is 5.32 Å². The number of rotatable bonds is 5. The molecular weight excluding hydrogens is 234 g/mol. The molecule has 2 atom stereocenters. The molecule has 17 heavy (non-hydrogen) atoms. The van der Waals surface area contributed by atoms with Gasteiger partial charge in [-0.1, -0.05) is 33.6 Å². The Hall–Kier alpha value is -0.0900. The third-order valence-electron chi connectivity index (χ3n) is 4.08. The topological polar surface area (TPSA) is 46.2 Å². The van der Waals surface area contributed by atoms with Gasteiger partial charge >= 0.3 is 0 Å². The smallest absolute Gasteiger partial charge is 0.154 e. The van der Waals surface area contributed by atoms with E-state index in [4.69, 9.17) is 0 Å². The van der Waals surface area contributed by atoms with Crippen LogP contribution in [0, 0.1) is 5.41 Å². The highest BCUT2D eigenvalue weighted by atomic mass is 32.2. The molecule has 4 heteroatoms. The van der Waals surface area contributed by atoms with E-state index in [0.717, 1.165) is 32.1 Å². The summed E-state index contributed by atoms with van der Waals surface area (Å²) in [4.78, 5) is 0. The third-order valence-corrected chi connectivity index (χ3v) is 6.37. The fourth-order valence-corrected chi connectivity index (χ4v) is 5.48. The lowest BCUT2D eigenvalue weighted by molar-refractivity contribution is 0.178. The number of nitrogens with one attached hydrogen (secondary N) is 1. The summed E-state index contributed by atoms with van der Waals surface area (Å²) >= 11 is 0. The van der Waals surface area contributed by atoms with Gasteiger partial charge in [-0.05, 0) is 31.7 Å². The summed E-state index contributed by atoms with van der Waals surface area (Å²) in [5.74, 6) is 0.350. The van der Waals surface area contributed by atoms with E-state index in [1.807, 2.05) is 14.0 Å². The molecule has 2 unspecified atom stereocenters. The van der Waals surface area contributed by atoms with E-state index in [-0.39, 0.29) is 16.7 Å². The van der Waals surface area contributed by atoms with Crippen molar-refractivity contribution in [1.82, 2.24) is 5.32 Å². The molecule has 1 aliphatic rings. The Kier molecular flexibility index (Phi) is 5.02. The van der Waals surface area contributed by atoms with Crippen molar-refractivity contribution in [1.29, 1.82) is 0 Å². The highest BCUT2D eigenvalue weighted by Crippen LogP contribution is 2.38. The second-order valence-electron chi connectivity index (χ2n) is 5.91. The zero-order valence-corrected chi connectivity index (χ0v) is 12.4. The van der Waals surface area contributed by atoms with Gasteiger partial charge in [-0.2, -0.15) is 0 Å². The molecule has 1 aliphatic carbocycles. The van der Waals surface area contributed by atoms with Gasteiger partial charge in [0.1, 0.15) is 0 Å². The SMILES string of the molecule is CCCCS(=O)(=O)C1CCCC(C)(C)C1NC. The van der Waals surface area contributed by atoms with Crippen LogP contribution in [-0.2, 0) is 9.84 Å². The third kappa shape index (κ3) is 3.44. The van der Waals surface area contributed by atoms with E-state index in [1.54, 1.807) is 0 Å². The Balaban J connectivity index is 2.87. The molecule has 0 aliphatic heterocycles. The van der Waals surface area contributed by atoms with Gasteiger partial charge in [0.15, 0.2) is 9.84 Å². The normalized spacial score (nSPS) is 29.2. The molecule has 0 aromatic heterocycles. The van der Waals surface area contributed by atoms with Crippen LogP contribution in [0.15, 0.2) is 0 Å². The van der Waals surface area contributed by atoms with E-state index in [1.165, 1.54) is 0 Å². The van der Waals surface area contributed by atoms with Crippen LogP contribution < -0.4 is 5.32 Å². The first-order chi connectivity index (χ1) is 7.85. The first kappa shape index (κ1) is 15.0. The lowest BCUT2D eigenvalue weighted by atomic mass is 9.73. The lowest BCUT2D eigenvalue weighted by Crippen LogP contribution is -2.54. The summed E-state index contributed by atoms with van der Waals surface area (Å²) in [5.41, 5.74) is 0.0803. The Morgan fingerprint density at radius 3 is 2.53 bits per heavy atom. The van der Waals surface area contributed by atoms with Crippen LogP contribution in [0.3, 0.4) is 0 Å². The van der Waals surface area contributed by atoms with Gasteiger partial charge in [-0.25, -0.2) is 8.42 Å². The van der Waals surface area contributed by atoms with Crippen LogP contribution in [0.5, 0.6) is 0 Å². The monoisotopic (exact) mass is 261 g/mol. The quantitative estimate of drug-likeness (QED) is 0.826. The Labute approximate surface area is 106 Å². The van der Waals surface area contributed by atoms with Crippen LogP contribution in [-0.4, -0.2) is 32.5 Å². The summed E-state index contributed by atoms with van der Waals surface area (Å²) in [6, 6.07) is 0.0955. The first-order valence-corrected chi connectivity index (χ1v) is 8.45. The molecule has 0 spiro atoms. The lowest BCUT2D eigenvalue weighted by Gasteiger charge is -2.43. The maximum atomic E-state index is 12.4. The van der Waals surface area contributed by atoms with Crippen LogP contribution in [0.4, 0.5) is 0 Å². The van der Waals surface area contributed by atoms with Crippen molar-refractivity contribution >= 4 is 9.84 Å². The van der Waals surface area contributed by atoms with E-state index in [9.17, 15) is 8.42 Å². The van der Waals surface area contributed by atoms with Gasteiger partial charge in [0.25, 0.3) is 0 Å². The van der Waals surface area contributed by atoms with Gasteiger partial charge in [0, 0.05) is 6.04 Å². The molecule has 1 rings (SSSR count). The molecular formula is C13H27NO2S. The summed E-state index contributed by atoms with van der Waals surface area (Å²) in [5, 5.41) is 3.06. The molecule has 0 radical (unpaired) electrons. The van der Waals surface area contributed by atoms with Crippen LogP contribution >= 0.6 is 0 Å². The van der Waals surface area contributed by atoms with Crippen LogP contribution in [0.2, 0.25) is 0 Å². The average Bonchev–Trinajstić information content (AvgIpc) is 2.25. The molecule has 102 valence electrons. The molecule has 0 aromatic rings. The number of unbranched alkanes of at least 4 members (excludes halogenated alkanes) is 1. The zero-order valence-electron chi connectivity index (χ0n) is 11.6. The van der Waals surface area contributed by atoms with E-state index in [2.05, 4.69) is 19.2 Å².